The lowest BCUT2D eigenvalue weighted by atomic mass is 10.3. The summed E-state index contributed by atoms with van der Waals surface area (Å²) in [4.78, 5) is 4.69. The second-order valence-corrected chi connectivity index (χ2v) is 3.31. The van der Waals surface area contributed by atoms with Crippen LogP contribution in [-0.2, 0) is 0 Å². The molecule has 2 nitrogen and oxygen atoms in total. The van der Waals surface area contributed by atoms with Gasteiger partial charge in [0.1, 0.15) is 0 Å². The van der Waals surface area contributed by atoms with Crippen LogP contribution in [0.25, 0.3) is 0 Å². The molecule has 0 saturated carbocycles. The van der Waals surface area contributed by atoms with Crippen molar-refractivity contribution in [1.82, 2.24) is 9.80 Å². The van der Waals surface area contributed by atoms with Crippen LogP contribution in [0.3, 0.4) is 0 Å². The van der Waals surface area contributed by atoms with Gasteiger partial charge in [0.05, 0.1) is 0 Å². The largest absolute Gasteiger partial charge is 0.301 e. The summed E-state index contributed by atoms with van der Waals surface area (Å²) >= 11 is 0. The Morgan fingerprint density at radius 1 is 1.18 bits per heavy atom. The summed E-state index contributed by atoms with van der Waals surface area (Å²) in [5.74, 6) is 0. The zero-order valence-electron chi connectivity index (χ0n) is 7.55. The molecule has 0 aromatic heterocycles. The number of hydrogen-bond donors (Lipinski definition) is 0. The maximum Gasteiger partial charge on any atom is 0.0110 e. The lowest BCUT2D eigenvalue weighted by Gasteiger charge is -2.31. The van der Waals surface area contributed by atoms with Crippen LogP contribution >= 0.6 is 0 Å². The summed E-state index contributed by atoms with van der Waals surface area (Å²) in [7, 11) is 3.92. The number of hydrogen-bond acceptors (Lipinski definition) is 2. The Balaban J connectivity index is 2.07. The third-order valence-electron chi connectivity index (χ3n) is 2.29. The summed E-state index contributed by atoms with van der Waals surface area (Å²) in [6.45, 7) is 8.24. The van der Waals surface area contributed by atoms with Crippen molar-refractivity contribution in [2.24, 2.45) is 0 Å². The molecule has 1 radical (unpaired) electrons. The van der Waals surface area contributed by atoms with Gasteiger partial charge in [-0.25, -0.2) is 0 Å². The van der Waals surface area contributed by atoms with Gasteiger partial charge in [0, 0.05) is 33.2 Å². The van der Waals surface area contributed by atoms with Crippen LogP contribution in [0.2, 0.25) is 0 Å². The Morgan fingerprint density at radius 3 is 2.36 bits per heavy atom. The quantitative estimate of drug-likeness (QED) is 0.604. The molecule has 1 fully saturated rings. The minimum atomic E-state index is 1.14. The number of nitrogens with zero attached hydrogens (tertiary/aromatic N) is 2. The lowest BCUT2D eigenvalue weighted by molar-refractivity contribution is 0.165. The standard InChI is InChI=1S/C9H19N2/c1-3-4-5-11-8-6-10(2)7-9-11/h2-9H2,1H3. The molecule has 11 heavy (non-hydrogen) atoms. The van der Waals surface area contributed by atoms with Gasteiger partial charge in [-0.1, -0.05) is 13.3 Å². The van der Waals surface area contributed by atoms with E-state index in [0.29, 0.717) is 0 Å². The molecule has 2 heteroatoms. The third-order valence-corrected chi connectivity index (χ3v) is 2.29. The molecule has 0 bridgehead atoms. The van der Waals surface area contributed by atoms with Gasteiger partial charge in [-0.2, -0.15) is 0 Å². The highest BCUT2D eigenvalue weighted by Gasteiger charge is 2.11. The average molecular weight is 155 g/mol. The van der Waals surface area contributed by atoms with E-state index in [9.17, 15) is 0 Å². The Morgan fingerprint density at radius 2 is 1.82 bits per heavy atom. The molecule has 0 aromatic rings. The number of rotatable bonds is 3. The molecule has 0 unspecified atom stereocenters. The lowest BCUT2D eigenvalue weighted by Crippen LogP contribution is -2.43. The molecule has 0 atom stereocenters. The van der Waals surface area contributed by atoms with Crippen LogP contribution < -0.4 is 0 Å². The van der Waals surface area contributed by atoms with Gasteiger partial charge in [0.25, 0.3) is 0 Å². The van der Waals surface area contributed by atoms with Crippen LogP contribution in [0, 0.1) is 7.05 Å². The molecule has 1 aliphatic heterocycles. The molecule has 1 rings (SSSR count). The highest BCUT2D eigenvalue weighted by atomic mass is 15.2. The second kappa shape index (κ2) is 4.73. The van der Waals surface area contributed by atoms with Crippen molar-refractivity contribution >= 4 is 0 Å². The molecule has 1 heterocycles. The maximum atomic E-state index is 3.92. The van der Waals surface area contributed by atoms with Crippen LogP contribution in [0.5, 0.6) is 0 Å². The zero-order chi connectivity index (χ0) is 8.10. The Kier molecular flexibility index (Phi) is 3.87. The van der Waals surface area contributed by atoms with Crippen molar-refractivity contribution in [2.75, 3.05) is 32.7 Å². The van der Waals surface area contributed by atoms with Crippen molar-refractivity contribution in [2.45, 2.75) is 19.8 Å². The fraction of sp³-hybridized carbons (Fsp3) is 0.889. The van der Waals surface area contributed by atoms with E-state index in [0.717, 1.165) is 13.1 Å². The van der Waals surface area contributed by atoms with Crippen molar-refractivity contribution in [3.8, 4) is 0 Å². The second-order valence-electron chi connectivity index (χ2n) is 3.31. The normalized spacial score (nSPS) is 22.4. The molecule has 1 aliphatic rings. The Labute approximate surface area is 70.2 Å². The highest BCUT2D eigenvalue weighted by molar-refractivity contribution is 4.70. The fourth-order valence-electron chi connectivity index (χ4n) is 1.39. The van der Waals surface area contributed by atoms with Gasteiger partial charge in [0.15, 0.2) is 0 Å². The van der Waals surface area contributed by atoms with E-state index in [1.54, 1.807) is 0 Å². The van der Waals surface area contributed by atoms with E-state index in [4.69, 9.17) is 0 Å². The third kappa shape index (κ3) is 3.21. The van der Waals surface area contributed by atoms with Crippen molar-refractivity contribution < 1.29 is 0 Å². The smallest absolute Gasteiger partial charge is 0.0110 e. The zero-order valence-corrected chi connectivity index (χ0v) is 7.55. The Hall–Kier alpha value is -0.0800. The highest BCUT2D eigenvalue weighted by Crippen LogP contribution is 2.01. The summed E-state index contributed by atoms with van der Waals surface area (Å²) in [6, 6.07) is 0. The molecular weight excluding hydrogens is 136 g/mol. The monoisotopic (exact) mass is 155 g/mol. The summed E-state index contributed by atoms with van der Waals surface area (Å²) < 4.78 is 0. The topological polar surface area (TPSA) is 6.48 Å². The van der Waals surface area contributed by atoms with E-state index in [1.807, 2.05) is 0 Å². The molecule has 0 aliphatic carbocycles. The molecule has 0 amide bonds. The summed E-state index contributed by atoms with van der Waals surface area (Å²) in [6.07, 6.45) is 2.65. The summed E-state index contributed by atoms with van der Waals surface area (Å²) in [5.41, 5.74) is 0. The van der Waals surface area contributed by atoms with Crippen LogP contribution in [0.4, 0.5) is 0 Å². The molecule has 0 N–H and O–H groups in total. The average Bonchev–Trinajstić information content (AvgIpc) is 2.04. The van der Waals surface area contributed by atoms with Crippen molar-refractivity contribution in [3.63, 3.8) is 0 Å². The van der Waals surface area contributed by atoms with Crippen molar-refractivity contribution in [1.29, 1.82) is 0 Å². The first kappa shape index (κ1) is 9.01. The van der Waals surface area contributed by atoms with E-state index in [1.165, 1.54) is 32.5 Å². The molecular formula is C9H19N2. The number of unbranched alkanes of at least 4 members (excludes halogenated alkanes) is 1. The molecule has 1 saturated heterocycles. The SMILES string of the molecule is [CH2]N1CCN(CCCC)CC1. The first-order valence-corrected chi connectivity index (χ1v) is 4.60. The van der Waals surface area contributed by atoms with E-state index in [2.05, 4.69) is 23.8 Å². The van der Waals surface area contributed by atoms with Crippen molar-refractivity contribution in [3.05, 3.63) is 7.05 Å². The van der Waals surface area contributed by atoms with Crippen LogP contribution in [-0.4, -0.2) is 42.5 Å². The number of piperazine rings is 1. The van der Waals surface area contributed by atoms with E-state index < -0.39 is 0 Å². The maximum absolute atomic E-state index is 3.92. The molecule has 0 aromatic carbocycles. The van der Waals surface area contributed by atoms with Gasteiger partial charge in [-0.3, -0.25) is 4.90 Å². The first-order chi connectivity index (χ1) is 5.33. The fourth-order valence-corrected chi connectivity index (χ4v) is 1.39. The Bertz CT molecular complexity index is 93.0. The van der Waals surface area contributed by atoms with E-state index >= 15 is 0 Å². The minimum Gasteiger partial charge on any atom is -0.301 e. The predicted molar refractivity (Wildman–Crippen MR) is 48.3 cm³/mol. The van der Waals surface area contributed by atoms with Crippen LogP contribution in [0.1, 0.15) is 19.8 Å². The molecule has 65 valence electrons. The van der Waals surface area contributed by atoms with Gasteiger partial charge >= 0.3 is 0 Å². The van der Waals surface area contributed by atoms with E-state index in [-0.39, 0.29) is 0 Å². The summed E-state index contributed by atoms with van der Waals surface area (Å²) in [5, 5.41) is 0. The van der Waals surface area contributed by atoms with Gasteiger partial charge < -0.3 is 4.90 Å². The predicted octanol–water partition coefficient (Wildman–Crippen LogP) is 1.20. The molecule has 0 spiro atoms. The van der Waals surface area contributed by atoms with Gasteiger partial charge in [-0.05, 0) is 13.0 Å². The van der Waals surface area contributed by atoms with Gasteiger partial charge in [0.2, 0.25) is 0 Å². The van der Waals surface area contributed by atoms with Gasteiger partial charge in [-0.15, -0.1) is 0 Å². The first-order valence-electron chi connectivity index (χ1n) is 4.60. The van der Waals surface area contributed by atoms with Crippen LogP contribution in [0.15, 0.2) is 0 Å². The minimum absolute atomic E-state index is 1.14.